The van der Waals surface area contributed by atoms with Crippen LogP contribution in [0.1, 0.15) is 25.0 Å². The molecule has 0 spiro atoms. The second kappa shape index (κ2) is 13.7. The van der Waals surface area contributed by atoms with Crippen molar-refractivity contribution in [1.29, 1.82) is 0 Å². The van der Waals surface area contributed by atoms with Crippen molar-refractivity contribution in [2.75, 3.05) is 23.8 Å². The van der Waals surface area contributed by atoms with Crippen LogP contribution in [0.5, 0.6) is 0 Å². The lowest BCUT2D eigenvalue weighted by Crippen LogP contribution is -2.35. The molecule has 212 valence electrons. The number of nitrogens with zero attached hydrogens (tertiary/aromatic N) is 3. The van der Waals surface area contributed by atoms with Crippen LogP contribution in [-0.2, 0) is 0 Å². The first kappa shape index (κ1) is 30.3. The number of aromatic nitrogens is 3. The summed E-state index contributed by atoms with van der Waals surface area (Å²) in [5.41, 5.74) is 2.51. The minimum atomic E-state index is -2.83. The summed E-state index contributed by atoms with van der Waals surface area (Å²) in [5.74, 6) is 1.44. The van der Waals surface area contributed by atoms with Gasteiger partial charge in [0, 0.05) is 19.1 Å². The molecule has 0 amide bonds. The number of para-hydroxylation sites is 1. The van der Waals surface area contributed by atoms with Gasteiger partial charge in [-0.2, -0.15) is 4.98 Å². The third-order valence-electron chi connectivity index (χ3n) is 6.20. The Morgan fingerprint density at radius 2 is 1.67 bits per heavy atom. The Balaban J connectivity index is 0.000000466. The third kappa shape index (κ3) is 8.61. The number of fused-ring (bicyclic) bond motifs is 1. The highest BCUT2D eigenvalue weighted by atomic mass is 32.1. The van der Waals surface area contributed by atoms with Gasteiger partial charge in [-0.05, 0) is 44.2 Å². The first-order valence-electron chi connectivity index (χ1n) is 11.9. The molecular weight excluding hydrogens is 546 g/mol. The molecule has 39 heavy (non-hydrogen) atoms. The number of nitrogens with one attached hydrogen (secondary N) is 2. The Morgan fingerprint density at radius 1 is 1.03 bits per heavy atom. The summed E-state index contributed by atoms with van der Waals surface area (Å²) < 4.78 is 39.9. The van der Waals surface area contributed by atoms with Crippen LogP contribution in [-0.4, -0.2) is 74.3 Å². The van der Waals surface area contributed by atoms with Crippen LogP contribution in [0.3, 0.4) is 0 Å². The zero-order chi connectivity index (χ0) is 28.7. The smallest absolute Gasteiger partial charge is 0.396 e. The Labute approximate surface area is 224 Å². The minimum absolute atomic E-state index is 0.169. The average Bonchev–Trinajstić information content (AvgIpc) is 3.53. The van der Waals surface area contributed by atoms with Gasteiger partial charge in [0.1, 0.15) is 16.9 Å². The Morgan fingerprint density at radius 3 is 2.23 bits per heavy atom. The van der Waals surface area contributed by atoms with Gasteiger partial charge in [0.05, 0.1) is 33.6 Å². The van der Waals surface area contributed by atoms with Gasteiger partial charge in [-0.3, -0.25) is 0 Å². The molecule has 10 nitrogen and oxygen atoms in total. The van der Waals surface area contributed by atoms with Crippen LogP contribution in [0.4, 0.5) is 38.9 Å². The molecule has 5 rings (SSSR count). The fourth-order valence-electron chi connectivity index (χ4n) is 4.17. The van der Waals surface area contributed by atoms with Crippen LogP contribution in [0.25, 0.3) is 20.8 Å². The van der Waals surface area contributed by atoms with Crippen LogP contribution in [0.15, 0.2) is 24.3 Å². The maximum atomic E-state index is 10.5. The number of aliphatic hydroxyl groups is 3. The highest BCUT2D eigenvalue weighted by molar-refractivity contribution is 7.21. The molecule has 2 aliphatic carbocycles. The monoisotopic (exact) mass is 573 g/mol. The van der Waals surface area contributed by atoms with Crippen LogP contribution < -0.4 is 10.6 Å². The van der Waals surface area contributed by atoms with E-state index in [1.807, 2.05) is 31.2 Å². The van der Waals surface area contributed by atoms with Gasteiger partial charge < -0.3 is 26.0 Å². The van der Waals surface area contributed by atoms with Crippen molar-refractivity contribution in [1.82, 2.24) is 15.0 Å². The number of benzene rings is 1. The number of carbonyl (C=O) groups excluding carboxylic acids is 2. The van der Waals surface area contributed by atoms with E-state index in [4.69, 9.17) is 19.6 Å². The van der Waals surface area contributed by atoms with Gasteiger partial charge in [0.25, 0.3) is 0 Å². The van der Waals surface area contributed by atoms with Gasteiger partial charge in [0.15, 0.2) is 0 Å². The van der Waals surface area contributed by atoms with E-state index in [0.29, 0.717) is 24.1 Å². The largest absolute Gasteiger partial charge is 0.483 e. The predicted molar refractivity (Wildman–Crippen MR) is 136 cm³/mol. The summed E-state index contributed by atoms with van der Waals surface area (Å²) in [4.78, 5) is 30.4. The molecule has 0 unspecified atom stereocenters. The zero-order valence-electron chi connectivity index (χ0n) is 20.7. The van der Waals surface area contributed by atoms with Crippen molar-refractivity contribution < 1.29 is 42.5 Å². The molecule has 4 atom stereocenters. The molecule has 2 heterocycles. The number of carbonyl (C=O) groups is 2. The molecule has 0 saturated heterocycles. The van der Waals surface area contributed by atoms with Crippen LogP contribution in [0.2, 0.25) is 0 Å². The molecular formula is C24H27F4N5O5S. The van der Waals surface area contributed by atoms with Gasteiger partial charge in [0.2, 0.25) is 5.95 Å². The third-order valence-corrected chi connectivity index (χ3v) is 7.26. The van der Waals surface area contributed by atoms with Crippen molar-refractivity contribution in [3.8, 4) is 10.6 Å². The van der Waals surface area contributed by atoms with Crippen molar-refractivity contribution >= 4 is 45.9 Å². The molecule has 0 bridgehead atoms. The molecule has 5 N–H and O–H groups in total. The normalized spacial score (nSPS) is 21.8. The van der Waals surface area contributed by atoms with Crippen LogP contribution in [0, 0.1) is 18.8 Å². The summed E-state index contributed by atoms with van der Waals surface area (Å²) in [7, 11) is 0. The molecule has 1 aromatic carbocycles. The molecule has 0 radical (unpaired) electrons. The number of aryl methyl sites for hydroxylation is 1. The number of aliphatic hydroxyl groups excluding tert-OH is 3. The van der Waals surface area contributed by atoms with E-state index in [-0.39, 0.29) is 12.5 Å². The number of hydrogen-bond donors (Lipinski definition) is 5. The summed E-state index contributed by atoms with van der Waals surface area (Å²) >= 11 is 1.57. The van der Waals surface area contributed by atoms with E-state index in [1.54, 1.807) is 11.3 Å². The lowest BCUT2D eigenvalue weighted by atomic mass is 10.1. The van der Waals surface area contributed by atoms with E-state index in [1.165, 1.54) is 12.8 Å². The molecule has 2 aromatic heterocycles. The first-order chi connectivity index (χ1) is 18.5. The highest BCUT2D eigenvalue weighted by Gasteiger charge is 2.41. The second-order valence-electron chi connectivity index (χ2n) is 9.03. The molecule has 2 fully saturated rings. The standard InChI is InChI=1S/C22H27N5O3S.2CF2O/c1-11-17(21-26-14-4-2-3-5-16(14)31-21)20(27-22(24-11)23-9-12-6-7-12)25-15-8-13(10-28)18(29)19(15)30;2*2-1(3)4/h2-5,12-13,15,18-19,28-30H,6-10H2,1H3,(H2,23,24,25,27);;/t13-,15-,18-,19+;;/m1../s1. The summed E-state index contributed by atoms with van der Waals surface area (Å²) in [5, 5.41) is 37.8. The topological polar surface area (TPSA) is 158 Å². The summed E-state index contributed by atoms with van der Waals surface area (Å²) in [6.45, 7) is 2.61. The number of anilines is 2. The van der Waals surface area contributed by atoms with Crippen LogP contribution >= 0.6 is 11.3 Å². The lowest BCUT2D eigenvalue weighted by Gasteiger charge is -2.21. The highest BCUT2D eigenvalue weighted by Crippen LogP contribution is 2.38. The van der Waals surface area contributed by atoms with E-state index in [9.17, 15) is 32.9 Å². The van der Waals surface area contributed by atoms with Crippen molar-refractivity contribution in [3.63, 3.8) is 0 Å². The predicted octanol–water partition coefficient (Wildman–Crippen LogP) is 4.49. The molecule has 15 heteroatoms. The Kier molecular flexibility index (Phi) is 10.6. The molecule has 2 saturated carbocycles. The maximum Gasteiger partial charge on any atom is 0.483 e. The van der Waals surface area contributed by atoms with Crippen molar-refractivity contribution in [2.24, 2.45) is 11.8 Å². The lowest BCUT2D eigenvalue weighted by molar-refractivity contribution is 0.00446. The SMILES string of the molecule is Cc1nc(NCC2CC2)nc(N[C@@H]2C[C@H](CO)[C@@H](O)[C@H]2O)c1-c1nc2ccccc2s1.O=C(F)F.O=C(F)F. The fraction of sp³-hybridized carbons (Fsp3) is 0.458. The quantitative estimate of drug-likeness (QED) is 0.201. The number of rotatable bonds is 7. The minimum Gasteiger partial charge on any atom is -0.396 e. The van der Waals surface area contributed by atoms with Gasteiger partial charge >= 0.3 is 12.6 Å². The van der Waals surface area contributed by atoms with E-state index in [2.05, 4.69) is 15.6 Å². The number of thiazole rings is 1. The average molecular weight is 574 g/mol. The Bertz CT molecular complexity index is 1240. The maximum absolute atomic E-state index is 10.5. The summed E-state index contributed by atoms with van der Waals surface area (Å²) in [6.07, 6.45) is -4.71. The first-order valence-corrected chi connectivity index (χ1v) is 12.7. The summed E-state index contributed by atoms with van der Waals surface area (Å²) in [6, 6.07) is 7.54. The van der Waals surface area contributed by atoms with Gasteiger partial charge in [-0.25, -0.2) is 19.6 Å². The van der Waals surface area contributed by atoms with Crippen molar-refractivity contribution in [2.45, 2.75) is 44.4 Å². The Hall–Kier alpha value is -3.27. The van der Waals surface area contributed by atoms with E-state index in [0.717, 1.165) is 33.0 Å². The molecule has 2 aliphatic rings. The van der Waals surface area contributed by atoms with Gasteiger partial charge in [-0.1, -0.05) is 12.1 Å². The number of hydrogen-bond acceptors (Lipinski definition) is 11. The molecule has 0 aliphatic heterocycles. The molecule has 3 aromatic rings. The zero-order valence-corrected chi connectivity index (χ0v) is 21.5. The van der Waals surface area contributed by atoms with Gasteiger partial charge in [-0.15, -0.1) is 28.9 Å². The van der Waals surface area contributed by atoms with Crippen molar-refractivity contribution in [3.05, 3.63) is 30.0 Å². The number of halogens is 4. The van der Waals surface area contributed by atoms with E-state index < -0.39 is 30.8 Å². The van der Waals surface area contributed by atoms with E-state index >= 15 is 0 Å². The fourth-order valence-corrected chi connectivity index (χ4v) is 5.24. The second-order valence-corrected chi connectivity index (χ2v) is 10.1.